The first kappa shape index (κ1) is 24.1. The summed E-state index contributed by atoms with van der Waals surface area (Å²) in [4.78, 5) is 16.7. The minimum atomic E-state index is -4.48. The van der Waals surface area contributed by atoms with E-state index in [0.29, 0.717) is 35.7 Å². The summed E-state index contributed by atoms with van der Waals surface area (Å²) in [6.45, 7) is 4.12. The monoisotopic (exact) mass is 462 g/mol. The van der Waals surface area contributed by atoms with Crippen LogP contribution in [0.5, 0.6) is 11.5 Å². The minimum absolute atomic E-state index is 0.122. The van der Waals surface area contributed by atoms with E-state index in [2.05, 4.69) is 15.4 Å². The number of pyridine rings is 1. The van der Waals surface area contributed by atoms with Gasteiger partial charge < -0.3 is 14.8 Å². The zero-order valence-electron chi connectivity index (χ0n) is 18.7. The molecule has 0 aliphatic carbocycles. The summed E-state index contributed by atoms with van der Waals surface area (Å²) in [6, 6.07) is 7.71. The lowest BCUT2D eigenvalue weighted by molar-refractivity contribution is -0.137. The van der Waals surface area contributed by atoms with Crippen LogP contribution in [0.2, 0.25) is 0 Å². The summed E-state index contributed by atoms with van der Waals surface area (Å²) in [5.74, 6) is 0.987. The number of benzene rings is 1. The normalized spacial score (nSPS) is 11.5. The van der Waals surface area contributed by atoms with Crippen molar-refractivity contribution in [3.8, 4) is 17.3 Å². The highest BCUT2D eigenvalue weighted by Gasteiger charge is 2.31. The summed E-state index contributed by atoms with van der Waals surface area (Å²) in [7, 11) is 3.12. The molecule has 7 nitrogen and oxygen atoms in total. The Labute approximate surface area is 189 Å². The molecule has 3 aromatic rings. The van der Waals surface area contributed by atoms with Crippen molar-refractivity contribution in [2.45, 2.75) is 32.4 Å². The van der Waals surface area contributed by atoms with Crippen molar-refractivity contribution >= 4 is 5.91 Å². The van der Waals surface area contributed by atoms with Crippen LogP contribution >= 0.6 is 0 Å². The summed E-state index contributed by atoms with van der Waals surface area (Å²) in [5, 5.41) is 7.08. The summed E-state index contributed by atoms with van der Waals surface area (Å²) in [5.41, 5.74) is 1.02. The molecule has 1 N–H and O–H groups in total. The largest absolute Gasteiger partial charge is 0.493 e. The van der Waals surface area contributed by atoms with E-state index in [1.165, 1.54) is 16.9 Å². The second-order valence-electron chi connectivity index (χ2n) is 7.61. The van der Waals surface area contributed by atoms with E-state index in [-0.39, 0.29) is 17.6 Å². The van der Waals surface area contributed by atoms with E-state index < -0.39 is 11.7 Å². The molecule has 0 saturated carbocycles. The second-order valence-corrected chi connectivity index (χ2v) is 7.61. The number of rotatable bonds is 8. The first-order valence-electron chi connectivity index (χ1n) is 10.3. The van der Waals surface area contributed by atoms with Gasteiger partial charge in [0.1, 0.15) is 0 Å². The smallest absolute Gasteiger partial charge is 0.417 e. The molecule has 0 bridgehead atoms. The first-order valence-corrected chi connectivity index (χ1v) is 10.3. The van der Waals surface area contributed by atoms with Gasteiger partial charge in [0.2, 0.25) is 0 Å². The average Bonchev–Trinajstić information content (AvgIpc) is 3.24. The minimum Gasteiger partial charge on any atom is -0.493 e. The Balaban J connectivity index is 1.74. The molecule has 0 aliphatic rings. The lowest BCUT2D eigenvalue weighted by Gasteiger charge is -2.13. The number of carbonyl (C=O) groups is 1. The maximum atomic E-state index is 12.8. The molecular weight excluding hydrogens is 437 g/mol. The van der Waals surface area contributed by atoms with Crippen LogP contribution in [-0.2, 0) is 12.6 Å². The molecule has 0 radical (unpaired) electrons. The SMILES string of the molecule is COc1ccc(CCNC(=O)c2cnn(-c3ccc(C(F)(F)F)cn3)c2C(C)C)cc1OC. The number of amides is 1. The summed E-state index contributed by atoms with van der Waals surface area (Å²) >= 11 is 0. The van der Waals surface area contributed by atoms with Crippen molar-refractivity contribution in [3.63, 3.8) is 0 Å². The summed E-state index contributed by atoms with van der Waals surface area (Å²) < 4.78 is 50.4. The van der Waals surface area contributed by atoms with Gasteiger partial charge in [-0.15, -0.1) is 0 Å². The Hall–Kier alpha value is -3.56. The number of alkyl halides is 3. The number of ether oxygens (including phenoxy) is 2. The number of nitrogens with zero attached hydrogens (tertiary/aromatic N) is 3. The average molecular weight is 462 g/mol. The first-order chi connectivity index (χ1) is 15.7. The number of aromatic nitrogens is 3. The zero-order chi connectivity index (χ0) is 24.2. The van der Waals surface area contributed by atoms with Crippen LogP contribution < -0.4 is 14.8 Å². The van der Waals surface area contributed by atoms with E-state index in [1.54, 1.807) is 20.3 Å². The molecule has 3 rings (SSSR count). The van der Waals surface area contributed by atoms with Crippen molar-refractivity contribution in [1.29, 1.82) is 0 Å². The topological polar surface area (TPSA) is 78.3 Å². The van der Waals surface area contributed by atoms with Crippen molar-refractivity contribution in [2.24, 2.45) is 0 Å². The van der Waals surface area contributed by atoms with E-state index in [1.807, 2.05) is 26.0 Å². The van der Waals surface area contributed by atoms with Crippen molar-refractivity contribution in [1.82, 2.24) is 20.1 Å². The maximum absolute atomic E-state index is 12.8. The predicted molar refractivity (Wildman–Crippen MR) is 116 cm³/mol. The molecule has 0 spiro atoms. The molecule has 0 fully saturated rings. The van der Waals surface area contributed by atoms with Crippen LogP contribution in [0.25, 0.3) is 5.82 Å². The molecule has 0 aliphatic heterocycles. The molecule has 1 amide bonds. The van der Waals surface area contributed by atoms with Crippen LogP contribution in [-0.4, -0.2) is 41.4 Å². The molecule has 33 heavy (non-hydrogen) atoms. The van der Waals surface area contributed by atoms with E-state index >= 15 is 0 Å². The van der Waals surface area contributed by atoms with Crippen LogP contribution in [0.3, 0.4) is 0 Å². The standard InChI is InChI=1S/C23H25F3N4O3/c1-14(2)21-17(13-29-30(21)20-8-6-16(12-28-20)23(24,25)26)22(31)27-10-9-15-5-7-18(32-3)19(11-15)33-4/h5-8,11-14H,9-10H2,1-4H3,(H,27,31). The van der Waals surface area contributed by atoms with Gasteiger partial charge in [-0.1, -0.05) is 19.9 Å². The number of methoxy groups -OCH3 is 2. The van der Waals surface area contributed by atoms with Gasteiger partial charge in [0.25, 0.3) is 5.91 Å². The Bertz CT molecular complexity index is 1110. The van der Waals surface area contributed by atoms with Gasteiger partial charge >= 0.3 is 6.18 Å². The van der Waals surface area contributed by atoms with Crippen molar-refractivity contribution in [2.75, 3.05) is 20.8 Å². The fourth-order valence-electron chi connectivity index (χ4n) is 3.40. The van der Waals surface area contributed by atoms with E-state index in [0.717, 1.165) is 17.8 Å². The number of carbonyl (C=O) groups excluding carboxylic acids is 1. The lowest BCUT2D eigenvalue weighted by atomic mass is 10.1. The lowest BCUT2D eigenvalue weighted by Crippen LogP contribution is -2.26. The van der Waals surface area contributed by atoms with Crippen LogP contribution in [0.15, 0.2) is 42.7 Å². The fourth-order valence-corrected chi connectivity index (χ4v) is 3.40. The van der Waals surface area contributed by atoms with Gasteiger partial charge in [-0.05, 0) is 42.2 Å². The molecular formula is C23H25F3N4O3. The van der Waals surface area contributed by atoms with Crippen molar-refractivity contribution in [3.05, 3.63) is 65.1 Å². The number of halogens is 3. The molecule has 10 heteroatoms. The van der Waals surface area contributed by atoms with Gasteiger partial charge in [-0.25, -0.2) is 9.67 Å². The number of hydrogen-bond acceptors (Lipinski definition) is 5. The van der Waals surface area contributed by atoms with Gasteiger partial charge in [0.15, 0.2) is 17.3 Å². The molecule has 2 aromatic heterocycles. The van der Waals surface area contributed by atoms with E-state index in [4.69, 9.17) is 9.47 Å². The highest BCUT2D eigenvalue weighted by atomic mass is 19.4. The second kappa shape index (κ2) is 9.93. The van der Waals surface area contributed by atoms with Gasteiger partial charge in [0, 0.05) is 12.7 Å². The predicted octanol–water partition coefficient (Wildman–Crippen LogP) is 4.40. The van der Waals surface area contributed by atoms with E-state index in [9.17, 15) is 18.0 Å². The highest BCUT2D eigenvalue weighted by molar-refractivity contribution is 5.95. The molecule has 0 unspecified atom stereocenters. The molecule has 176 valence electrons. The molecule has 1 aromatic carbocycles. The molecule has 0 saturated heterocycles. The number of nitrogens with one attached hydrogen (secondary N) is 1. The maximum Gasteiger partial charge on any atom is 0.417 e. The van der Waals surface area contributed by atoms with Gasteiger partial charge in [0.05, 0.1) is 37.2 Å². The van der Waals surface area contributed by atoms with Crippen LogP contribution in [0.1, 0.15) is 46.9 Å². The Morgan fingerprint density at radius 2 is 1.82 bits per heavy atom. The van der Waals surface area contributed by atoms with Gasteiger partial charge in [-0.3, -0.25) is 4.79 Å². The third kappa shape index (κ3) is 5.44. The van der Waals surface area contributed by atoms with Crippen LogP contribution in [0.4, 0.5) is 13.2 Å². The molecule has 2 heterocycles. The fraction of sp³-hybridized carbons (Fsp3) is 0.348. The third-order valence-electron chi connectivity index (χ3n) is 5.04. The Kier molecular flexibility index (Phi) is 7.25. The third-order valence-corrected chi connectivity index (χ3v) is 5.04. The zero-order valence-corrected chi connectivity index (χ0v) is 18.7. The Morgan fingerprint density at radius 1 is 1.09 bits per heavy atom. The van der Waals surface area contributed by atoms with Gasteiger partial charge in [-0.2, -0.15) is 18.3 Å². The number of hydrogen-bond donors (Lipinski definition) is 1. The Morgan fingerprint density at radius 3 is 2.39 bits per heavy atom. The summed E-state index contributed by atoms with van der Waals surface area (Å²) in [6.07, 6.45) is -1.75. The molecule has 0 atom stereocenters. The quantitative estimate of drug-likeness (QED) is 0.537. The van der Waals surface area contributed by atoms with Crippen molar-refractivity contribution < 1.29 is 27.4 Å². The van der Waals surface area contributed by atoms with Crippen LogP contribution in [0, 0.1) is 0 Å². The highest BCUT2D eigenvalue weighted by Crippen LogP contribution is 2.30.